The fourth-order valence-electron chi connectivity index (χ4n) is 2.06. The van der Waals surface area contributed by atoms with Gasteiger partial charge < -0.3 is 5.11 Å². The Morgan fingerprint density at radius 1 is 1.06 bits per heavy atom. The van der Waals surface area contributed by atoms with Gasteiger partial charge >= 0.3 is 0 Å². The van der Waals surface area contributed by atoms with Crippen molar-refractivity contribution < 1.29 is 9.90 Å². The van der Waals surface area contributed by atoms with Crippen molar-refractivity contribution in [2.45, 2.75) is 50.5 Å². The Morgan fingerprint density at radius 3 is 2.00 bits per heavy atom. The SMILES string of the molecule is O=C1CCC1.OC1(Cc2ccccc2)CCC1. The number of rotatable bonds is 2. The molecule has 1 aromatic rings. The van der Waals surface area contributed by atoms with Gasteiger partial charge in [-0.05, 0) is 31.2 Å². The van der Waals surface area contributed by atoms with Crippen LogP contribution in [0.1, 0.15) is 44.1 Å². The molecule has 92 valence electrons. The van der Waals surface area contributed by atoms with E-state index in [0.29, 0.717) is 5.78 Å². The van der Waals surface area contributed by atoms with Crippen molar-refractivity contribution in [3.8, 4) is 0 Å². The van der Waals surface area contributed by atoms with E-state index in [9.17, 15) is 9.90 Å². The maximum atomic E-state index is 9.90. The van der Waals surface area contributed by atoms with Crippen LogP contribution < -0.4 is 0 Å². The third-order valence-corrected chi connectivity index (χ3v) is 3.57. The van der Waals surface area contributed by atoms with Gasteiger partial charge in [0, 0.05) is 19.3 Å². The highest BCUT2D eigenvalue weighted by Gasteiger charge is 2.33. The van der Waals surface area contributed by atoms with Crippen LogP contribution in [-0.2, 0) is 11.2 Å². The van der Waals surface area contributed by atoms with E-state index in [1.165, 1.54) is 12.0 Å². The molecule has 2 fully saturated rings. The van der Waals surface area contributed by atoms with E-state index in [2.05, 4.69) is 12.1 Å². The van der Waals surface area contributed by atoms with Crippen molar-refractivity contribution in [3.05, 3.63) is 35.9 Å². The van der Waals surface area contributed by atoms with Crippen LogP contribution >= 0.6 is 0 Å². The number of Topliss-reactive ketones (excluding diaryl/α,β-unsaturated/α-hetero) is 1. The van der Waals surface area contributed by atoms with Gasteiger partial charge in [-0.2, -0.15) is 0 Å². The Morgan fingerprint density at radius 2 is 1.65 bits per heavy atom. The van der Waals surface area contributed by atoms with Crippen LogP contribution in [-0.4, -0.2) is 16.5 Å². The summed E-state index contributed by atoms with van der Waals surface area (Å²) in [6, 6.07) is 10.2. The zero-order chi connectivity index (χ0) is 12.1. The Hall–Kier alpha value is -1.15. The monoisotopic (exact) mass is 232 g/mol. The number of carbonyl (C=O) groups is 1. The van der Waals surface area contributed by atoms with Gasteiger partial charge in [-0.1, -0.05) is 30.3 Å². The van der Waals surface area contributed by atoms with Crippen LogP contribution in [0.4, 0.5) is 0 Å². The standard InChI is InChI=1S/C11H14O.C4H6O/c12-11(7-4-8-11)9-10-5-2-1-3-6-10;5-4-2-1-3-4/h1-3,5-6,12H,4,7-9H2;1-3H2. The van der Waals surface area contributed by atoms with Crippen LogP contribution in [0.2, 0.25) is 0 Å². The molecule has 0 spiro atoms. The molecule has 0 amide bonds. The molecule has 0 heterocycles. The molecule has 2 aliphatic rings. The topological polar surface area (TPSA) is 37.3 Å². The van der Waals surface area contributed by atoms with E-state index < -0.39 is 0 Å². The second kappa shape index (κ2) is 5.46. The summed E-state index contributed by atoms with van der Waals surface area (Å²) in [5.74, 6) is 0.435. The molecule has 17 heavy (non-hydrogen) atoms. The van der Waals surface area contributed by atoms with Crippen molar-refractivity contribution in [2.24, 2.45) is 0 Å². The van der Waals surface area contributed by atoms with Crippen molar-refractivity contribution in [1.82, 2.24) is 0 Å². The molecule has 0 unspecified atom stereocenters. The summed E-state index contributed by atoms with van der Waals surface area (Å²) < 4.78 is 0. The van der Waals surface area contributed by atoms with Crippen LogP contribution in [0.25, 0.3) is 0 Å². The Bertz CT molecular complexity index is 360. The van der Waals surface area contributed by atoms with Crippen molar-refractivity contribution in [2.75, 3.05) is 0 Å². The number of hydrogen-bond acceptors (Lipinski definition) is 2. The first-order chi connectivity index (χ1) is 8.18. The second-order valence-electron chi connectivity index (χ2n) is 5.13. The predicted octanol–water partition coefficient (Wildman–Crippen LogP) is 2.88. The minimum absolute atomic E-state index is 0.374. The van der Waals surface area contributed by atoms with Crippen LogP contribution in [0.15, 0.2) is 30.3 Å². The highest BCUT2D eigenvalue weighted by atomic mass is 16.3. The van der Waals surface area contributed by atoms with Crippen LogP contribution in [0.3, 0.4) is 0 Å². The summed E-state index contributed by atoms with van der Waals surface area (Å²) >= 11 is 0. The van der Waals surface area contributed by atoms with E-state index in [0.717, 1.165) is 38.5 Å². The number of hydrogen-bond donors (Lipinski definition) is 1. The largest absolute Gasteiger partial charge is 0.390 e. The highest BCUT2D eigenvalue weighted by Crippen LogP contribution is 2.34. The summed E-state index contributed by atoms with van der Waals surface area (Å²) in [4.78, 5) is 9.90. The van der Waals surface area contributed by atoms with E-state index in [1.807, 2.05) is 18.2 Å². The summed E-state index contributed by atoms with van der Waals surface area (Å²) in [6.45, 7) is 0. The molecule has 2 saturated carbocycles. The van der Waals surface area contributed by atoms with Gasteiger partial charge in [-0.3, -0.25) is 4.79 Å². The average Bonchev–Trinajstić information content (AvgIpc) is 2.26. The molecular formula is C15H20O2. The molecule has 1 aromatic carbocycles. The lowest BCUT2D eigenvalue weighted by atomic mass is 9.76. The second-order valence-corrected chi connectivity index (χ2v) is 5.13. The van der Waals surface area contributed by atoms with E-state index in [1.54, 1.807) is 0 Å². The Balaban J connectivity index is 0.000000181. The number of carbonyl (C=O) groups excluding carboxylic acids is 1. The lowest BCUT2D eigenvalue weighted by molar-refractivity contribution is -0.123. The van der Waals surface area contributed by atoms with Crippen molar-refractivity contribution in [3.63, 3.8) is 0 Å². The summed E-state index contributed by atoms with van der Waals surface area (Å²) in [7, 11) is 0. The maximum absolute atomic E-state index is 9.90. The minimum atomic E-state index is -0.374. The maximum Gasteiger partial charge on any atom is 0.132 e. The molecule has 2 heteroatoms. The lowest BCUT2D eigenvalue weighted by Gasteiger charge is -2.36. The summed E-state index contributed by atoms with van der Waals surface area (Å²) in [5, 5.41) is 9.86. The zero-order valence-corrected chi connectivity index (χ0v) is 10.2. The van der Waals surface area contributed by atoms with Gasteiger partial charge in [-0.25, -0.2) is 0 Å². The first-order valence-corrected chi connectivity index (χ1v) is 6.46. The van der Waals surface area contributed by atoms with Gasteiger partial charge in [0.15, 0.2) is 0 Å². The smallest absolute Gasteiger partial charge is 0.132 e. The van der Waals surface area contributed by atoms with Crippen molar-refractivity contribution in [1.29, 1.82) is 0 Å². The molecule has 0 aromatic heterocycles. The normalized spacial score (nSPS) is 20.6. The molecule has 1 N–H and O–H groups in total. The van der Waals surface area contributed by atoms with Gasteiger partial charge in [-0.15, -0.1) is 0 Å². The van der Waals surface area contributed by atoms with E-state index in [-0.39, 0.29) is 5.60 Å². The van der Waals surface area contributed by atoms with E-state index >= 15 is 0 Å². The Labute approximate surface area is 103 Å². The molecule has 2 nitrogen and oxygen atoms in total. The average molecular weight is 232 g/mol. The molecule has 2 aliphatic carbocycles. The van der Waals surface area contributed by atoms with Gasteiger partial charge in [0.05, 0.1) is 5.60 Å². The quantitative estimate of drug-likeness (QED) is 0.851. The number of aliphatic hydroxyl groups is 1. The number of ketones is 1. The van der Waals surface area contributed by atoms with Crippen LogP contribution in [0, 0.1) is 0 Å². The molecule has 0 aliphatic heterocycles. The summed E-state index contributed by atoms with van der Waals surface area (Å²) in [5.41, 5.74) is 0.876. The predicted molar refractivity (Wildman–Crippen MR) is 67.8 cm³/mol. The minimum Gasteiger partial charge on any atom is -0.390 e. The molecule has 0 radical (unpaired) electrons. The third-order valence-electron chi connectivity index (χ3n) is 3.57. The highest BCUT2D eigenvalue weighted by molar-refractivity contribution is 5.83. The van der Waals surface area contributed by atoms with E-state index in [4.69, 9.17) is 0 Å². The van der Waals surface area contributed by atoms with Crippen molar-refractivity contribution >= 4 is 5.78 Å². The molecule has 3 rings (SSSR count). The van der Waals surface area contributed by atoms with Gasteiger partial charge in [0.25, 0.3) is 0 Å². The molecule has 0 saturated heterocycles. The van der Waals surface area contributed by atoms with Gasteiger partial charge in [0.1, 0.15) is 5.78 Å². The van der Waals surface area contributed by atoms with Crippen LogP contribution in [0.5, 0.6) is 0 Å². The molecule has 0 atom stereocenters. The zero-order valence-electron chi connectivity index (χ0n) is 10.2. The first kappa shape index (κ1) is 12.3. The first-order valence-electron chi connectivity index (χ1n) is 6.46. The number of benzene rings is 1. The summed E-state index contributed by atoms with van der Waals surface area (Å²) in [6.07, 6.45) is 6.79. The lowest BCUT2D eigenvalue weighted by Crippen LogP contribution is -2.38. The fourth-order valence-corrected chi connectivity index (χ4v) is 2.06. The Kier molecular flexibility index (Phi) is 3.95. The fraction of sp³-hybridized carbons (Fsp3) is 0.533. The molecule has 0 bridgehead atoms. The van der Waals surface area contributed by atoms with Gasteiger partial charge in [0.2, 0.25) is 0 Å². The molecular weight excluding hydrogens is 212 g/mol. The third kappa shape index (κ3) is 3.67.